The minimum Gasteiger partial charge on any atom is -0.487 e. The van der Waals surface area contributed by atoms with E-state index >= 15 is 0 Å². The zero-order valence-corrected chi connectivity index (χ0v) is 11.8. The molecule has 0 amide bonds. The Labute approximate surface area is 124 Å². The molecule has 2 fully saturated rings. The van der Waals surface area contributed by atoms with Crippen LogP contribution in [0.5, 0.6) is 5.75 Å². The molecule has 2 nitrogen and oxygen atoms in total. The maximum atomic E-state index is 13.9. The van der Waals surface area contributed by atoms with Gasteiger partial charge in [-0.2, -0.15) is 13.2 Å². The van der Waals surface area contributed by atoms with Crippen molar-refractivity contribution in [3.8, 4) is 5.75 Å². The van der Waals surface area contributed by atoms with Crippen molar-refractivity contribution in [3.63, 3.8) is 0 Å². The summed E-state index contributed by atoms with van der Waals surface area (Å²) in [6, 6.07) is 1.87. The summed E-state index contributed by atoms with van der Waals surface area (Å²) in [6.45, 7) is 0. The molecule has 1 aromatic rings. The van der Waals surface area contributed by atoms with Gasteiger partial charge in [0.1, 0.15) is 6.10 Å². The van der Waals surface area contributed by atoms with E-state index in [1.807, 2.05) is 0 Å². The first kappa shape index (κ1) is 14.9. The number of rotatable bonds is 2. The Morgan fingerprint density at radius 3 is 2.33 bits per heavy atom. The van der Waals surface area contributed by atoms with Crippen LogP contribution in [0.15, 0.2) is 12.1 Å². The molecule has 0 aliphatic carbocycles. The van der Waals surface area contributed by atoms with Crippen molar-refractivity contribution in [3.05, 3.63) is 28.5 Å². The van der Waals surface area contributed by atoms with E-state index in [0.717, 1.165) is 12.8 Å². The highest BCUT2D eigenvalue weighted by Gasteiger charge is 2.36. The first-order valence-corrected chi connectivity index (χ1v) is 7.19. The standard InChI is InChI=1S/C14H14ClF4NO/c15-11-3-7(14(17,18)19)4-12(13(11)16)21-10-5-8-1-2-9(6-10)20-8/h3-4,8-10,20H,1-2,5-6H2/t8-,9+,10-. The maximum absolute atomic E-state index is 13.9. The molecule has 1 N–H and O–H groups in total. The molecule has 3 atom stereocenters. The molecule has 2 bridgehead atoms. The highest BCUT2D eigenvalue weighted by atomic mass is 35.5. The third-order valence-electron chi connectivity index (χ3n) is 4.05. The van der Waals surface area contributed by atoms with E-state index in [0.29, 0.717) is 37.1 Å². The topological polar surface area (TPSA) is 21.3 Å². The molecule has 2 saturated heterocycles. The molecular weight excluding hydrogens is 310 g/mol. The van der Waals surface area contributed by atoms with Crippen LogP contribution in [-0.4, -0.2) is 18.2 Å². The normalized spacial score (nSPS) is 28.7. The van der Waals surface area contributed by atoms with Crippen molar-refractivity contribution >= 4 is 11.6 Å². The van der Waals surface area contributed by atoms with Gasteiger partial charge in [0.25, 0.3) is 0 Å². The van der Waals surface area contributed by atoms with Crippen LogP contribution in [0.4, 0.5) is 17.6 Å². The van der Waals surface area contributed by atoms with Crippen molar-refractivity contribution in [2.45, 2.75) is 50.0 Å². The summed E-state index contributed by atoms with van der Waals surface area (Å²) in [5.41, 5.74) is -0.999. The fourth-order valence-corrected chi connectivity index (χ4v) is 3.30. The summed E-state index contributed by atoms with van der Waals surface area (Å²) in [4.78, 5) is 0. The minimum absolute atomic E-state index is 0.280. The molecule has 116 valence electrons. The van der Waals surface area contributed by atoms with Gasteiger partial charge in [-0.05, 0) is 37.8 Å². The van der Waals surface area contributed by atoms with Gasteiger partial charge in [0.2, 0.25) is 0 Å². The lowest BCUT2D eigenvalue weighted by molar-refractivity contribution is -0.137. The largest absolute Gasteiger partial charge is 0.487 e. The van der Waals surface area contributed by atoms with Crippen LogP contribution in [0.2, 0.25) is 5.02 Å². The lowest BCUT2D eigenvalue weighted by Crippen LogP contribution is -2.42. The molecule has 2 aliphatic rings. The first-order valence-electron chi connectivity index (χ1n) is 6.82. The maximum Gasteiger partial charge on any atom is 0.416 e. The van der Waals surface area contributed by atoms with Crippen molar-refractivity contribution in [2.75, 3.05) is 0 Å². The molecule has 2 heterocycles. The fraction of sp³-hybridized carbons (Fsp3) is 0.571. The Balaban J connectivity index is 1.83. The number of nitrogens with one attached hydrogen (secondary N) is 1. The van der Waals surface area contributed by atoms with Crippen molar-refractivity contribution in [2.24, 2.45) is 0 Å². The SMILES string of the molecule is Fc1c(Cl)cc(C(F)(F)F)cc1O[C@@H]1C[C@H]2CC[C@@H](C1)N2. The minimum atomic E-state index is -4.58. The fourth-order valence-electron chi connectivity index (χ4n) is 3.09. The molecule has 7 heteroatoms. The van der Waals surface area contributed by atoms with Gasteiger partial charge < -0.3 is 10.1 Å². The monoisotopic (exact) mass is 323 g/mol. The van der Waals surface area contributed by atoms with E-state index in [9.17, 15) is 17.6 Å². The second-order valence-electron chi connectivity index (χ2n) is 5.62. The molecule has 0 radical (unpaired) electrons. The number of alkyl halides is 3. The predicted octanol–water partition coefficient (Wildman–Crippen LogP) is 4.16. The van der Waals surface area contributed by atoms with Gasteiger partial charge in [-0.3, -0.25) is 0 Å². The summed E-state index contributed by atoms with van der Waals surface area (Å²) < 4.78 is 57.6. The van der Waals surface area contributed by atoms with Crippen LogP contribution >= 0.6 is 11.6 Å². The summed E-state index contributed by atoms with van der Waals surface area (Å²) in [5, 5.41) is 2.82. The van der Waals surface area contributed by atoms with E-state index in [1.54, 1.807) is 0 Å². The van der Waals surface area contributed by atoms with Crippen molar-refractivity contribution in [1.82, 2.24) is 5.32 Å². The number of hydrogen-bond donors (Lipinski definition) is 1. The second kappa shape index (κ2) is 5.32. The molecule has 1 aromatic carbocycles. The Kier molecular flexibility index (Phi) is 3.78. The van der Waals surface area contributed by atoms with E-state index in [1.165, 1.54) is 0 Å². The molecule has 0 saturated carbocycles. The Morgan fingerprint density at radius 1 is 1.14 bits per heavy atom. The number of piperidine rings is 1. The van der Waals surface area contributed by atoms with Crippen LogP contribution in [0.3, 0.4) is 0 Å². The van der Waals surface area contributed by atoms with Crippen LogP contribution in [-0.2, 0) is 6.18 Å². The smallest absolute Gasteiger partial charge is 0.416 e. The summed E-state index contributed by atoms with van der Waals surface area (Å²) in [6.07, 6.45) is -1.47. The van der Waals surface area contributed by atoms with Crippen LogP contribution in [0.1, 0.15) is 31.2 Å². The second-order valence-corrected chi connectivity index (χ2v) is 6.02. The van der Waals surface area contributed by atoms with Crippen molar-refractivity contribution < 1.29 is 22.3 Å². The predicted molar refractivity (Wildman–Crippen MR) is 70.0 cm³/mol. The Morgan fingerprint density at radius 2 is 1.76 bits per heavy atom. The average Bonchev–Trinajstić information content (AvgIpc) is 2.73. The van der Waals surface area contributed by atoms with Gasteiger partial charge in [-0.25, -0.2) is 4.39 Å². The third-order valence-corrected chi connectivity index (χ3v) is 4.32. The molecule has 2 aliphatic heterocycles. The molecule has 21 heavy (non-hydrogen) atoms. The molecule has 3 rings (SSSR count). The lowest BCUT2D eigenvalue weighted by atomic mass is 10.0. The summed E-state index contributed by atoms with van der Waals surface area (Å²) in [5.74, 6) is -1.35. The Bertz CT molecular complexity index is 537. The number of ether oxygens (including phenoxy) is 1. The molecule has 0 aromatic heterocycles. The van der Waals surface area contributed by atoms with Crippen LogP contribution in [0.25, 0.3) is 0 Å². The number of halogens is 5. The molecule has 0 unspecified atom stereocenters. The van der Waals surface area contributed by atoms with E-state index in [2.05, 4.69) is 5.32 Å². The zero-order chi connectivity index (χ0) is 15.2. The highest BCUT2D eigenvalue weighted by Crippen LogP contribution is 2.38. The Hall–Kier alpha value is -1.01. The highest BCUT2D eigenvalue weighted by molar-refractivity contribution is 6.31. The lowest BCUT2D eigenvalue weighted by Gasteiger charge is -2.29. The summed E-state index contributed by atoms with van der Waals surface area (Å²) in [7, 11) is 0. The third kappa shape index (κ3) is 3.11. The van der Waals surface area contributed by atoms with E-state index < -0.39 is 28.3 Å². The number of benzene rings is 1. The first-order chi connectivity index (χ1) is 9.83. The molecule has 0 spiro atoms. The van der Waals surface area contributed by atoms with Gasteiger partial charge >= 0.3 is 6.18 Å². The summed E-state index contributed by atoms with van der Waals surface area (Å²) >= 11 is 5.55. The van der Waals surface area contributed by atoms with Gasteiger partial charge in [0.15, 0.2) is 11.6 Å². The van der Waals surface area contributed by atoms with Gasteiger partial charge in [-0.15, -0.1) is 0 Å². The van der Waals surface area contributed by atoms with Crippen molar-refractivity contribution in [1.29, 1.82) is 0 Å². The number of hydrogen-bond acceptors (Lipinski definition) is 2. The molecular formula is C14H14ClF4NO. The van der Waals surface area contributed by atoms with Crippen LogP contribution in [0, 0.1) is 5.82 Å². The van der Waals surface area contributed by atoms with Crippen LogP contribution < -0.4 is 10.1 Å². The zero-order valence-electron chi connectivity index (χ0n) is 11.0. The van der Waals surface area contributed by atoms with E-state index in [-0.39, 0.29) is 6.10 Å². The van der Waals surface area contributed by atoms with Gasteiger partial charge in [0, 0.05) is 12.1 Å². The quantitative estimate of drug-likeness (QED) is 0.825. The van der Waals surface area contributed by atoms with E-state index in [4.69, 9.17) is 16.3 Å². The van der Waals surface area contributed by atoms with Gasteiger partial charge in [-0.1, -0.05) is 11.6 Å². The average molecular weight is 324 g/mol. The van der Waals surface area contributed by atoms with Gasteiger partial charge in [0.05, 0.1) is 10.6 Å². The number of fused-ring (bicyclic) bond motifs is 2.